The highest BCUT2D eigenvalue weighted by Gasteiger charge is 2.19. The fourth-order valence-corrected chi connectivity index (χ4v) is 1.63. The zero-order valence-corrected chi connectivity index (χ0v) is 10.8. The SMILES string of the molecule is CCOC(=O)Cc1c(F)cc(CCl)cc1OC(F)F. The number of carbonyl (C=O) groups excluding carboxylic acids is 1. The lowest BCUT2D eigenvalue weighted by molar-refractivity contribution is -0.142. The topological polar surface area (TPSA) is 35.5 Å². The second-order valence-electron chi connectivity index (χ2n) is 3.55. The number of alkyl halides is 3. The zero-order chi connectivity index (χ0) is 14.4. The molecule has 0 aliphatic carbocycles. The summed E-state index contributed by atoms with van der Waals surface area (Å²) in [6, 6.07) is 2.25. The van der Waals surface area contributed by atoms with Gasteiger partial charge in [-0.1, -0.05) is 0 Å². The predicted molar refractivity (Wildman–Crippen MR) is 62.9 cm³/mol. The first kappa shape index (κ1) is 15.6. The molecule has 0 saturated carbocycles. The summed E-state index contributed by atoms with van der Waals surface area (Å²) in [6.07, 6.45) is -0.482. The number of hydrogen-bond donors (Lipinski definition) is 0. The van der Waals surface area contributed by atoms with Crippen LogP contribution in [0.3, 0.4) is 0 Å². The lowest BCUT2D eigenvalue weighted by Gasteiger charge is -2.12. The maximum atomic E-state index is 13.8. The fraction of sp³-hybridized carbons (Fsp3) is 0.417. The van der Waals surface area contributed by atoms with Crippen LogP contribution in [0.2, 0.25) is 0 Å². The van der Waals surface area contributed by atoms with E-state index in [-0.39, 0.29) is 23.6 Å². The van der Waals surface area contributed by atoms with Gasteiger partial charge in [0.1, 0.15) is 11.6 Å². The third-order valence-corrected chi connectivity index (χ3v) is 2.52. The third-order valence-electron chi connectivity index (χ3n) is 2.21. The number of rotatable bonds is 6. The van der Waals surface area contributed by atoms with Crippen molar-refractivity contribution in [2.45, 2.75) is 25.8 Å². The van der Waals surface area contributed by atoms with E-state index in [2.05, 4.69) is 9.47 Å². The second-order valence-corrected chi connectivity index (χ2v) is 3.82. The van der Waals surface area contributed by atoms with Crippen molar-refractivity contribution in [1.29, 1.82) is 0 Å². The van der Waals surface area contributed by atoms with Gasteiger partial charge in [-0.15, -0.1) is 11.6 Å². The van der Waals surface area contributed by atoms with Gasteiger partial charge in [0, 0.05) is 11.4 Å². The molecule has 106 valence electrons. The van der Waals surface area contributed by atoms with E-state index < -0.39 is 30.6 Å². The van der Waals surface area contributed by atoms with Gasteiger partial charge in [-0.3, -0.25) is 4.79 Å². The summed E-state index contributed by atoms with van der Waals surface area (Å²) in [7, 11) is 0. The van der Waals surface area contributed by atoms with Crippen LogP contribution >= 0.6 is 11.6 Å². The molecule has 0 aliphatic rings. The second kappa shape index (κ2) is 7.23. The number of halogens is 4. The van der Waals surface area contributed by atoms with Crippen LogP contribution in [0, 0.1) is 5.82 Å². The summed E-state index contributed by atoms with van der Waals surface area (Å²) in [6.45, 7) is -1.42. The minimum atomic E-state index is -3.12. The van der Waals surface area contributed by atoms with Gasteiger partial charge in [-0.05, 0) is 24.6 Å². The van der Waals surface area contributed by atoms with Crippen LogP contribution in [-0.2, 0) is 21.8 Å². The van der Waals surface area contributed by atoms with Crippen LogP contribution in [0.25, 0.3) is 0 Å². The highest BCUT2D eigenvalue weighted by molar-refractivity contribution is 6.17. The smallest absolute Gasteiger partial charge is 0.387 e. The van der Waals surface area contributed by atoms with E-state index in [0.29, 0.717) is 0 Å². The first-order chi connectivity index (χ1) is 8.97. The molecule has 1 rings (SSSR count). The van der Waals surface area contributed by atoms with Crippen LogP contribution in [0.4, 0.5) is 13.2 Å². The summed E-state index contributed by atoms with van der Waals surface area (Å²) in [5.74, 6) is -2.02. The van der Waals surface area contributed by atoms with Crippen LogP contribution in [-0.4, -0.2) is 19.2 Å². The Balaban J connectivity index is 3.08. The first-order valence-corrected chi connectivity index (χ1v) is 5.99. The summed E-state index contributed by atoms with van der Waals surface area (Å²) in [5, 5.41) is 0. The normalized spacial score (nSPS) is 10.6. The summed E-state index contributed by atoms with van der Waals surface area (Å²) >= 11 is 5.51. The number of carbonyl (C=O) groups is 1. The van der Waals surface area contributed by atoms with Gasteiger partial charge in [0.15, 0.2) is 0 Å². The van der Waals surface area contributed by atoms with Crippen molar-refractivity contribution in [1.82, 2.24) is 0 Å². The van der Waals surface area contributed by atoms with Gasteiger partial charge >= 0.3 is 12.6 Å². The predicted octanol–water partition coefficient (Wildman–Crippen LogP) is 3.27. The van der Waals surface area contributed by atoms with E-state index in [1.807, 2.05) is 0 Å². The summed E-state index contributed by atoms with van der Waals surface area (Å²) < 4.78 is 47.1. The Labute approximate surface area is 113 Å². The highest BCUT2D eigenvalue weighted by Crippen LogP contribution is 2.27. The number of esters is 1. The molecule has 0 amide bonds. The standard InChI is InChI=1S/C12H12ClF3O3/c1-2-18-11(17)5-8-9(14)3-7(6-13)4-10(8)19-12(15)16/h3-4,12H,2,5-6H2,1H3. The summed E-state index contributed by atoms with van der Waals surface area (Å²) in [5.41, 5.74) is 0.00930. The molecule has 1 aromatic rings. The van der Waals surface area contributed by atoms with Crippen LogP contribution in [0.5, 0.6) is 5.75 Å². The Morgan fingerprint density at radius 1 is 1.42 bits per heavy atom. The van der Waals surface area contributed by atoms with Gasteiger partial charge in [0.25, 0.3) is 0 Å². The molecule has 0 radical (unpaired) electrons. The van der Waals surface area contributed by atoms with Gasteiger partial charge in [0.2, 0.25) is 0 Å². The molecule has 3 nitrogen and oxygen atoms in total. The van der Waals surface area contributed by atoms with E-state index in [0.717, 1.165) is 6.07 Å². The molecule has 0 aromatic heterocycles. The van der Waals surface area contributed by atoms with Crippen molar-refractivity contribution in [2.24, 2.45) is 0 Å². The molecule has 0 spiro atoms. The van der Waals surface area contributed by atoms with Crippen molar-refractivity contribution < 1.29 is 27.4 Å². The molecular formula is C12H12ClF3O3. The molecule has 0 saturated heterocycles. The molecule has 7 heteroatoms. The fourth-order valence-electron chi connectivity index (χ4n) is 1.47. The Morgan fingerprint density at radius 3 is 2.63 bits per heavy atom. The maximum Gasteiger partial charge on any atom is 0.387 e. The van der Waals surface area contributed by atoms with E-state index in [9.17, 15) is 18.0 Å². The highest BCUT2D eigenvalue weighted by atomic mass is 35.5. The maximum absolute atomic E-state index is 13.8. The monoisotopic (exact) mass is 296 g/mol. The molecule has 0 bridgehead atoms. The van der Waals surface area contributed by atoms with Gasteiger partial charge in [-0.25, -0.2) is 4.39 Å². The summed E-state index contributed by atoms with van der Waals surface area (Å²) in [4.78, 5) is 11.3. The minimum Gasteiger partial charge on any atom is -0.466 e. The van der Waals surface area contributed by atoms with E-state index >= 15 is 0 Å². The molecule has 0 heterocycles. The van der Waals surface area contributed by atoms with E-state index in [1.54, 1.807) is 6.92 Å². The Kier molecular flexibility index (Phi) is 5.95. The Hall–Kier alpha value is -1.43. The molecule has 1 aromatic carbocycles. The molecule has 0 atom stereocenters. The lowest BCUT2D eigenvalue weighted by Crippen LogP contribution is -2.12. The number of hydrogen-bond acceptors (Lipinski definition) is 3. The third kappa shape index (κ3) is 4.63. The number of ether oxygens (including phenoxy) is 2. The van der Waals surface area contributed by atoms with Gasteiger partial charge < -0.3 is 9.47 Å². The van der Waals surface area contributed by atoms with Gasteiger partial charge in [0.05, 0.1) is 13.0 Å². The lowest BCUT2D eigenvalue weighted by atomic mass is 10.1. The van der Waals surface area contributed by atoms with Gasteiger partial charge in [-0.2, -0.15) is 8.78 Å². The Morgan fingerprint density at radius 2 is 2.11 bits per heavy atom. The quantitative estimate of drug-likeness (QED) is 0.597. The van der Waals surface area contributed by atoms with Crippen LogP contribution in [0.15, 0.2) is 12.1 Å². The molecule has 0 N–H and O–H groups in total. The largest absolute Gasteiger partial charge is 0.466 e. The average molecular weight is 297 g/mol. The minimum absolute atomic E-state index is 0.0593. The van der Waals surface area contributed by atoms with E-state index in [4.69, 9.17) is 11.6 Å². The van der Waals surface area contributed by atoms with Crippen molar-refractivity contribution in [3.8, 4) is 5.75 Å². The molecular weight excluding hydrogens is 285 g/mol. The van der Waals surface area contributed by atoms with Crippen LogP contribution in [0.1, 0.15) is 18.1 Å². The Bertz CT molecular complexity index is 452. The number of benzene rings is 1. The van der Waals surface area contributed by atoms with Crippen molar-refractivity contribution in [3.05, 3.63) is 29.1 Å². The molecule has 0 fully saturated rings. The molecule has 0 aliphatic heterocycles. The molecule has 19 heavy (non-hydrogen) atoms. The van der Waals surface area contributed by atoms with Crippen LogP contribution < -0.4 is 4.74 Å². The van der Waals surface area contributed by atoms with Crippen molar-refractivity contribution in [2.75, 3.05) is 6.61 Å². The van der Waals surface area contributed by atoms with E-state index in [1.165, 1.54) is 6.07 Å². The van der Waals surface area contributed by atoms with Crippen molar-refractivity contribution >= 4 is 17.6 Å². The molecule has 0 unspecified atom stereocenters. The van der Waals surface area contributed by atoms with Crippen molar-refractivity contribution in [3.63, 3.8) is 0 Å². The zero-order valence-electron chi connectivity index (χ0n) is 10.1. The first-order valence-electron chi connectivity index (χ1n) is 5.45. The average Bonchev–Trinajstić information content (AvgIpc) is 2.32.